The fourth-order valence-corrected chi connectivity index (χ4v) is 3.76. The number of allylic oxidation sites excluding steroid dienone is 1. The zero-order chi connectivity index (χ0) is 24.5. The summed E-state index contributed by atoms with van der Waals surface area (Å²) in [6, 6.07) is 12.8. The van der Waals surface area contributed by atoms with Gasteiger partial charge in [0.25, 0.3) is 0 Å². The van der Waals surface area contributed by atoms with Crippen LogP contribution in [0.25, 0.3) is 6.08 Å². The van der Waals surface area contributed by atoms with Gasteiger partial charge in [-0.3, -0.25) is 4.79 Å². The summed E-state index contributed by atoms with van der Waals surface area (Å²) in [5, 5.41) is 0. The minimum atomic E-state index is -0.583. The summed E-state index contributed by atoms with van der Waals surface area (Å²) in [5.74, 6) is 2.10. The van der Waals surface area contributed by atoms with Gasteiger partial charge in [-0.2, -0.15) is 0 Å². The molecule has 0 aliphatic carbocycles. The van der Waals surface area contributed by atoms with Gasteiger partial charge in [0, 0.05) is 6.07 Å². The third-order valence-corrected chi connectivity index (χ3v) is 5.45. The van der Waals surface area contributed by atoms with Gasteiger partial charge >= 0.3 is 5.97 Å². The van der Waals surface area contributed by atoms with E-state index >= 15 is 0 Å². The first kappa shape index (κ1) is 22.1. The van der Waals surface area contributed by atoms with Crippen LogP contribution in [-0.2, 0) is 0 Å². The quantitative estimate of drug-likeness (QED) is 0.293. The van der Waals surface area contributed by atoms with Crippen LogP contribution in [0.3, 0.4) is 0 Å². The van der Waals surface area contributed by atoms with Gasteiger partial charge in [-0.1, -0.05) is 0 Å². The Morgan fingerprint density at radius 2 is 1.60 bits per heavy atom. The second-order valence-electron chi connectivity index (χ2n) is 7.51. The highest BCUT2D eigenvalue weighted by Crippen LogP contribution is 2.40. The number of carbonyl (C=O) groups excluding carboxylic acids is 2. The van der Waals surface area contributed by atoms with Crippen LogP contribution in [0.1, 0.15) is 26.3 Å². The van der Waals surface area contributed by atoms with Crippen molar-refractivity contribution in [2.24, 2.45) is 0 Å². The maximum atomic E-state index is 12.9. The monoisotopic (exact) mass is 476 g/mol. The molecule has 0 saturated heterocycles. The number of rotatable bonds is 6. The summed E-state index contributed by atoms with van der Waals surface area (Å²) < 4.78 is 37.9. The molecule has 9 heteroatoms. The molecule has 3 aromatic carbocycles. The van der Waals surface area contributed by atoms with Gasteiger partial charge in [-0.25, -0.2) is 4.79 Å². The number of carbonyl (C=O) groups is 2. The summed E-state index contributed by atoms with van der Waals surface area (Å²) in [6.45, 7) is 0.107. The van der Waals surface area contributed by atoms with Gasteiger partial charge in [0.15, 0.2) is 28.8 Å². The van der Waals surface area contributed by atoms with E-state index < -0.39 is 5.97 Å². The van der Waals surface area contributed by atoms with Gasteiger partial charge in [0.1, 0.15) is 11.5 Å². The number of ether oxygens (including phenoxy) is 7. The molecule has 0 amide bonds. The van der Waals surface area contributed by atoms with Crippen molar-refractivity contribution in [3.63, 3.8) is 0 Å². The predicted molar refractivity (Wildman–Crippen MR) is 123 cm³/mol. The highest BCUT2D eigenvalue weighted by molar-refractivity contribution is 6.14. The average molecular weight is 476 g/mol. The van der Waals surface area contributed by atoms with E-state index in [0.717, 1.165) is 0 Å². The Hall–Kier alpha value is -4.66. The second-order valence-corrected chi connectivity index (χ2v) is 7.51. The molecule has 35 heavy (non-hydrogen) atoms. The topological polar surface area (TPSA) is 98.8 Å². The number of hydrogen-bond donors (Lipinski definition) is 0. The van der Waals surface area contributed by atoms with E-state index in [1.54, 1.807) is 42.5 Å². The van der Waals surface area contributed by atoms with E-state index in [9.17, 15) is 9.59 Å². The summed E-state index contributed by atoms with van der Waals surface area (Å²) in [5.41, 5.74) is 1.27. The predicted octanol–water partition coefficient (Wildman–Crippen LogP) is 4.28. The number of methoxy groups -OCH3 is 3. The molecule has 0 fully saturated rings. The van der Waals surface area contributed by atoms with Crippen molar-refractivity contribution in [1.82, 2.24) is 0 Å². The van der Waals surface area contributed by atoms with Gasteiger partial charge in [0.2, 0.25) is 18.3 Å². The molecule has 0 unspecified atom stereocenters. The first-order valence-electron chi connectivity index (χ1n) is 10.5. The standard InChI is InChI=1S/C26H20O9/c1-29-22-9-14(10-23(30-2)25(22)31-3)8-21-24(27)17-6-5-16(12-19(17)35-21)34-26(28)15-4-7-18-20(11-15)33-13-32-18/h4-12H,13H2,1-3H3/b21-8-. The maximum Gasteiger partial charge on any atom is 0.343 e. The Bertz CT molecular complexity index is 1350. The van der Waals surface area contributed by atoms with E-state index in [2.05, 4.69) is 0 Å². The molecule has 0 radical (unpaired) electrons. The lowest BCUT2D eigenvalue weighted by molar-refractivity contribution is 0.0734. The van der Waals surface area contributed by atoms with Crippen molar-refractivity contribution < 1.29 is 42.7 Å². The lowest BCUT2D eigenvalue weighted by atomic mass is 10.1. The minimum absolute atomic E-state index is 0.105. The third kappa shape index (κ3) is 4.08. The van der Waals surface area contributed by atoms with Crippen molar-refractivity contribution in [2.75, 3.05) is 28.1 Å². The van der Waals surface area contributed by atoms with E-state index in [-0.39, 0.29) is 29.8 Å². The number of Topliss-reactive ketones (excluding diaryl/α,β-unsaturated/α-hetero) is 1. The Morgan fingerprint density at radius 3 is 2.31 bits per heavy atom. The second kappa shape index (κ2) is 8.94. The van der Waals surface area contributed by atoms with Crippen molar-refractivity contribution in [3.8, 4) is 40.2 Å². The maximum absolute atomic E-state index is 12.9. The van der Waals surface area contributed by atoms with Crippen LogP contribution in [0, 0.1) is 0 Å². The first-order valence-corrected chi connectivity index (χ1v) is 10.5. The largest absolute Gasteiger partial charge is 0.493 e. The molecule has 3 aromatic rings. The highest BCUT2D eigenvalue weighted by atomic mass is 16.7. The van der Waals surface area contributed by atoms with Gasteiger partial charge in [0.05, 0.1) is 32.5 Å². The summed E-state index contributed by atoms with van der Waals surface area (Å²) >= 11 is 0. The number of ketones is 1. The fourth-order valence-electron chi connectivity index (χ4n) is 3.76. The Balaban J connectivity index is 1.37. The molecule has 5 rings (SSSR count). The van der Waals surface area contributed by atoms with E-state index in [1.165, 1.54) is 33.5 Å². The van der Waals surface area contributed by atoms with Crippen LogP contribution >= 0.6 is 0 Å². The average Bonchev–Trinajstić information content (AvgIpc) is 3.46. The number of hydrogen-bond acceptors (Lipinski definition) is 9. The fraction of sp³-hybridized carbons (Fsp3) is 0.154. The Morgan fingerprint density at radius 1 is 0.857 bits per heavy atom. The normalized spacial score (nSPS) is 14.4. The van der Waals surface area contributed by atoms with Crippen molar-refractivity contribution in [1.29, 1.82) is 0 Å². The third-order valence-electron chi connectivity index (χ3n) is 5.45. The Labute approximate surface area is 200 Å². The number of fused-ring (bicyclic) bond motifs is 2. The molecular weight excluding hydrogens is 456 g/mol. The SMILES string of the molecule is COc1cc(/C=C2\Oc3cc(OC(=O)c4ccc5c(c4)OCO5)ccc3C2=O)cc(OC)c1OC. The minimum Gasteiger partial charge on any atom is -0.493 e. The molecule has 2 aliphatic heterocycles. The summed E-state index contributed by atoms with van der Waals surface area (Å²) in [7, 11) is 4.52. The van der Waals surface area contributed by atoms with E-state index in [0.29, 0.717) is 45.4 Å². The number of benzene rings is 3. The smallest absolute Gasteiger partial charge is 0.343 e. The van der Waals surface area contributed by atoms with Crippen LogP contribution in [0.4, 0.5) is 0 Å². The molecule has 0 bridgehead atoms. The van der Waals surface area contributed by atoms with E-state index in [4.69, 9.17) is 33.2 Å². The van der Waals surface area contributed by atoms with Crippen LogP contribution in [0.15, 0.2) is 54.3 Å². The molecule has 0 spiro atoms. The van der Waals surface area contributed by atoms with E-state index in [1.807, 2.05) is 0 Å². The lowest BCUT2D eigenvalue weighted by Gasteiger charge is -2.13. The first-order chi connectivity index (χ1) is 17.0. The lowest BCUT2D eigenvalue weighted by Crippen LogP contribution is -2.08. The molecule has 0 aromatic heterocycles. The molecule has 0 N–H and O–H groups in total. The highest BCUT2D eigenvalue weighted by Gasteiger charge is 2.28. The van der Waals surface area contributed by atoms with Gasteiger partial charge < -0.3 is 33.2 Å². The molecule has 0 atom stereocenters. The zero-order valence-electron chi connectivity index (χ0n) is 19.1. The Kier molecular flexibility index (Phi) is 5.66. The molecular formula is C26H20O9. The van der Waals surface area contributed by atoms with Crippen molar-refractivity contribution in [3.05, 3.63) is 71.0 Å². The summed E-state index contributed by atoms with van der Waals surface area (Å²) in [6.07, 6.45) is 1.57. The van der Waals surface area contributed by atoms with Crippen molar-refractivity contribution in [2.45, 2.75) is 0 Å². The van der Waals surface area contributed by atoms with Crippen LogP contribution in [0.2, 0.25) is 0 Å². The van der Waals surface area contributed by atoms with Gasteiger partial charge in [-0.05, 0) is 54.1 Å². The van der Waals surface area contributed by atoms with Gasteiger partial charge in [-0.15, -0.1) is 0 Å². The molecule has 2 heterocycles. The van der Waals surface area contributed by atoms with Crippen LogP contribution in [-0.4, -0.2) is 39.9 Å². The zero-order valence-corrected chi connectivity index (χ0v) is 19.1. The molecule has 9 nitrogen and oxygen atoms in total. The van der Waals surface area contributed by atoms with Crippen molar-refractivity contribution >= 4 is 17.8 Å². The van der Waals surface area contributed by atoms with Crippen LogP contribution in [0.5, 0.6) is 40.2 Å². The molecule has 2 aliphatic rings. The molecule has 178 valence electrons. The molecule has 0 saturated carbocycles. The number of esters is 1. The summed E-state index contributed by atoms with van der Waals surface area (Å²) in [4.78, 5) is 25.5. The van der Waals surface area contributed by atoms with Crippen LogP contribution < -0.4 is 33.2 Å².